The second kappa shape index (κ2) is 5.82. The van der Waals surface area contributed by atoms with Crippen molar-refractivity contribution in [3.8, 4) is 11.3 Å². The molecule has 0 bridgehead atoms. The van der Waals surface area contributed by atoms with Crippen LogP contribution in [-0.2, 0) is 9.53 Å². The molecule has 1 aromatic heterocycles. The number of ether oxygens (including phenoxy) is 1. The third-order valence-corrected chi connectivity index (χ3v) is 2.33. The lowest BCUT2D eigenvalue weighted by atomic mass is 10.1. The van der Waals surface area contributed by atoms with Crippen LogP contribution in [0.5, 0.6) is 0 Å². The summed E-state index contributed by atoms with van der Waals surface area (Å²) >= 11 is 0. The molecule has 0 saturated carbocycles. The van der Waals surface area contributed by atoms with E-state index in [0.717, 1.165) is 16.9 Å². The predicted octanol–water partition coefficient (Wildman–Crippen LogP) is 2.92. The van der Waals surface area contributed by atoms with Gasteiger partial charge >= 0.3 is 5.97 Å². The third kappa shape index (κ3) is 3.07. The summed E-state index contributed by atoms with van der Waals surface area (Å²) in [6.45, 7) is 2.16. The minimum absolute atomic E-state index is 0.336. The quantitative estimate of drug-likeness (QED) is 0.612. The van der Waals surface area contributed by atoms with E-state index in [0.29, 0.717) is 6.61 Å². The molecule has 0 aliphatic rings. The van der Waals surface area contributed by atoms with Gasteiger partial charge in [-0.3, -0.25) is 0 Å². The van der Waals surface area contributed by atoms with Crippen molar-refractivity contribution in [2.75, 3.05) is 6.61 Å². The van der Waals surface area contributed by atoms with Crippen molar-refractivity contribution < 1.29 is 14.1 Å². The van der Waals surface area contributed by atoms with Crippen LogP contribution in [0.2, 0.25) is 0 Å². The molecular weight excluding hydrogens is 230 g/mol. The number of benzene rings is 1. The summed E-state index contributed by atoms with van der Waals surface area (Å²) in [5, 5.41) is 3.65. The maximum Gasteiger partial charge on any atom is 0.330 e. The Morgan fingerprint density at radius 2 is 2.11 bits per heavy atom. The predicted molar refractivity (Wildman–Crippen MR) is 67.6 cm³/mol. The van der Waals surface area contributed by atoms with Crippen LogP contribution < -0.4 is 0 Å². The van der Waals surface area contributed by atoms with Crippen molar-refractivity contribution in [1.82, 2.24) is 5.16 Å². The first-order valence-corrected chi connectivity index (χ1v) is 5.65. The molecule has 0 aliphatic heterocycles. The smallest absolute Gasteiger partial charge is 0.330 e. The van der Waals surface area contributed by atoms with Crippen molar-refractivity contribution in [2.45, 2.75) is 6.92 Å². The Kier molecular flexibility index (Phi) is 3.91. The molecule has 1 aromatic carbocycles. The Morgan fingerprint density at radius 3 is 2.72 bits per heavy atom. The number of carbonyl (C=O) groups is 1. The molecular formula is C14H13NO3. The summed E-state index contributed by atoms with van der Waals surface area (Å²) in [7, 11) is 0. The third-order valence-electron chi connectivity index (χ3n) is 2.33. The lowest BCUT2D eigenvalue weighted by Crippen LogP contribution is -1.98. The summed E-state index contributed by atoms with van der Waals surface area (Å²) < 4.78 is 9.84. The van der Waals surface area contributed by atoms with Crippen molar-refractivity contribution in [1.29, 1.82) is 0 Å². The molecule has 0 radical (unpaired) electrons. The number of hydrogen-bond acceptors (Lipinski definition) is 4. The van der Waals surface area contributed by atoms with Crippen molar-refractivity contribution in [3.05, 3.63) is 48.2 Å². The molecule has 0 fully saturated rings. The standard InChI is InChI=1S/C14H13NO3/c1-2-17-14(16)8-5-11-3-6-12(7-4-11)13-9-10-15-18-13/h3-10H,2H2,1H3. The summed E-state index contributed by atoms with van der Waals surface area (Å²) in [5.41, 5.74) is 1.87. The van der Waals surface area contributed by atoms with E-state index in [-0.39, 0.29) is 5.97 Å². The minimum Gasteiger partial charge on any atom is -0.463 e. The van der Waals surface area contributed by atoms with Gasteiger partial charge in [-0.15, -0.1) is 0 Å². The average Bonchev–Trinajstić information content (AvgIpc) is 2.91. The Morgan fingerprint density at radius 1 is 1.33 bits per heavy atom. The first kappa shape index (κ1) is 12.1. The van der Waals surface area contributed by atoms with Gasteiger partial charge in [0.25, 0.3) is 0 Å². The molecule has 0 aliphatic carbocycles. The molecule has 1 heterocycles. The number of esters is 1. The number of carbonyl (C=O) groups excluding carboxylic acids is 1. The van der Waals surface area contributed by atoms with E-state index in [2.05, 4.69) is 5.16 Å². The number of aromatic nitrogens is 1. The van der Waals surface area contributed by atoms with Crippen LogP contribution in [0.4, 0.5) is 0 Å². The summed E-state index contributed by atoms with van der Waals surface area (Å²) in [6.07, 6.45) is 4.72. The fraction of sp³-hybridized carbons (Fsp3) is 0.143. The van der Waals surface area contributed by atoms with E-state index in [1.54, 1.807) is 25.3 Å². The van der Waals surface area contributed by atoms with Crippen LogP contribution >= 0.6 is 0 Å². The first-order valence-electron chi connectivity index (χ1n) is 5.65. The largest absolute Gasteiger partial charge is 0.463 e. The Labute approximate surface area is 105 Å². The van der Waals surface area contributed by atoms with Gasteiger partial charge in [-0.05, 0) is 18.6 Å². The molecule has 4 heteroatoms. The van der Waals surface area contributed by atoms with Gasteiger partial charge in [-0.2, -0.15) is 0 Å². The van der Waals surface area contributed by atoms with Gasteiger partial charge in [-0.25, -0.2) is 4.79 Å². The van der Waals surface area contributed by atoms with Crippen LogP contribution in [0.25, 0.3) is 17.4 Å². The van der Waals surface area contributed by atoms with Crippen LogP contribution in [-0.4, -0.2) is 17.7 Å². The van der Waals surface area contributed by atoms with E-state index in [4.69, 9.17) is 9.26 Å². The Hall–Kier alpha value is -2.36. The molecule has 0 unspecified atom stereocenters. The normalized spacial score (nSPS) is 10.7. The van der Waals surface area contributed by atoms with Gasteiger partial charge in [-0.1, -0.05) is 29.4 Å². The number of hydrogen-bond donors (Lipinski definition) is 0. The highest BCUT2D eigenvalue weighted by Crippen LogP contribution is 2.19. The van der Waals surface area contributed by atoms with Crippen molar-refractivity contribution >= 4 is 12.0 Å². The fourth-order valence-electron chi connectivity index (χ4n) is 1.48. The molecule has 2 aromatic rings. The molecule has 4 nitrogen and oxygen atoms in total. The highest BCUT2D eigenvalue weighted by atomic mass is 16.5. The molecule has 0 N–H and O–H groups in total. The van der Waals surface area contributed by atoms with Crippen molar-refractivity contribution in [3.63, 3.8) is 0 Å². The number of rotatable bonds is 4. The first-order chi connectivity index (χ1) is 8.79. The zero-order valence-electron chi connectivity index (χ0n) is 10.00. The summed E-state index contributed by atoms with van der Waals surface area (Å²) in [4.78, 5) is 11.1. The van der Waals surface area contributed by atoms with Gasteiger partial charge in [0, 0.05) is 17.7 Å². The van der Waals surface area contributed by atoms with Gasteiger partial charge in [0.2, 0.25) is 0 Å². The molecule has 0 saturated heterocycles. The van der Waals surface area contributed by atoms with Gasteiger partial charge < -0.3 is 9.26 Å². The average molecular weight is 243 g/mol. The van der Waals surface area contributed by atoms with E-state index < -0.39 is 0 Å². The number of nitrogens with zero attached hydrogens (tertiary/aromatic N) is 1. The monoisotopic (exact) mass is 243 g/mol. The molecule has 2 rings (SSSR count). The molecule has 0 spiro atoms. The van der Waals surface area contributed by atoms with Crippen LogP contribution in [0.3, 0.4) is 0 Å². The highest BCUT2D eigenvalue weighted by Gasteiger charge is 2.00. The maximum atomic E-state index is 11.1. The molecule has 18 heavy (non-hydrogen) atoms. The van der Waals surface area contributed by atoms with E-state index in [9.17, 15) is 4.79 Å². The second-order valence-corrected chi connectivity index (χ2v) is 3.58. The highest BCUT2D eigenvalue weighted by molar-refractivity contribution is 5.87. The molecule has 92 valence electrons. The lowest BCUT2D eigenvalue weighted by molar-refractivity contribution is -0.137. The van der Waals surface area contributed by atoms with Gasteiger partial charge in [0.1, 0.15) is 0 Å². The fourth-order valence-corrected chi connectivity index (χ4v) is 1.48. The van der Waals surface area contributed by atoms with Gasteiger partial charge in [0.15, 0.2) is 5.76 Å². The topological polar surface area (TPSA) is 52.3 Å². The van der Waals surface area contributed by atoms with Crippen LogP contribution in [0, 0.1) is 0 Å². The Bertz CT molecular complexity index is 527. The Balaban J connectivity index is 2.06. The van der Waals surface area contributed by atoms with Crippen LogP contribution in [0.1, 0.15) is 12.5 Å². The van der Waals surface area contributed by atoms with E-state index >= 15 is 0 Å². The van der Waals surface area contributed by atoms with Gasteiger partial charge in [0.05, 0.1) is 12.8 Å². The van der Waals surface area contributed by atoms with Crippen LogP contribution in [0.15, 0.2) is 47.1 Å². The zero-order chi connectivity index (χ0) is 12.8. The SMILES string of the molecule is CCOC(=O)C=Cc1ccc(-c2ccno2)cc1. The summed E-state index contributed by atoms with van der Waals surface area (Å²) in [6, 6.07) is 9.40. The maximum absolute atomic E-state index is 11.1. The molecule has 0 atom stereocenters. The van der Waals surface area contributed by atoms with E-state index in [1.807, 2.05) is 24.3 Å². The minimum atomic E-state index is -0.336. The van der Waals surface area contributed by atoms with Crippen molar-refractivity contribution in [2.24, 2.45) is 0 Å². The lowest BCUT2D eigenvalue weighted by Gasteiger charge is -1.97. The summed E-state index contributed by atoms with van der Waals surface area (Å²) in [5.74, 6) is 0.382. The second-order valence-electron chi connectivity index (χ2n) is 3.58. The van der Waals surface area contributed by atoms with E-state index in [1.165, 1.54) is 6.08 Å². The zero-order valence-corrected chi connectivity index (χ0v) is 10.00. The molecule has 0 amide bonds.